The Morgan fingerprint density at radius 2 is 1.82 bits per heavy atom. The molecule has 0 saturated carbocycles. The molecule has 0 N–H and O–H groups in total. The van der Waals surface area contributed by atoms with Crippen molar-refractivity contribution in [2.75, 3.05) is 42.6 Å². The Morgan fingerprint density at radius 3 is 2.45 bits per heavy atom. The Kier molecular flexibility index (Phi) is 7.42. The van der Waals surface area contributed by atoms with Crippen molar-refractivity contribution < 1.29 is 21.6 Å². The van der Waals surface area contributed by atoms with E-state index in [0.717, 1.165) is 16.1 Å². The van der Waals surface area contributed by atoms with Crippen molar-refractivity contribution >= 4 is 48.9 Å². The molecule has 1 amide bonds. The highest BCUT2D eigenvalue weighted by Crippen LogP contribution is 2.32. The summed E-state index contributed by atoms with van der Waals surface area (Å²) in [7, 11) is -4.16. The van der Waals surface area contributed by atoms with Gasteiger partial charge in [-0.2, -0.15) is 0 Å². The molecule has 0 bridgehead atoms. The highest BCUT2D eigenvalue weighted by atomic mass is 35.5. The van der Waals surface area contributed by atoms with E-state index in [-0.39, 0.29) is 23.8 Å². The van der Waals surface area contributed by atoms with E-state index in [1.54, 1.807) is 42.2 Å². The molecule has 8 nitrogen and oxygen atoms in total. The monoisotopic (exact) mass is 513 g/mol. The maximum Gasteiger partial charge on any atom is 0.242 e. The number of sulfonamides is 2. The van der Waals surface area contributed by atoms with Gasteiger partial charge in [-0.3, -0.25) is 9.10 Å². The summed E-state index contributed by atoms with van der Waals surface area (Å²) in [5, 5.41) is 0.474. The molecule has 0 atom stereocenters. The molecule has 33 heavy (non-hydrogen) atoms. The van der Waals surface area contributed by atoms with Gasteiger partial charge < -0.3 is 4.90 Å². The first-order valence-corrected chi connectivity index (χ1v) is 14.1. The lowest BCUT2D eigenvalue weighted by Crippen LogP contribution is -2.33. The predicted octanol–water partition coefficient (Wildman–Crippen LogP) is 3.03. The van der Waals surface area contributed by atoms with Crippen LogP contribution in [0.4, 0.5) is 11.4 Å². The van der Waals surface area contributed by atoms with E-state index in [4.69, 9.17) is 11.6 Å². The number of carbonyl (C=O) groups excluding carboxylic acids is 1. The topological polar surface area (TPSA) is 95.1 Å². The molecular weight excluding hydrogens is 486 g/mol. The first-order valence-electron chi connectivity index (χ1n) is 10.4. The third kappa shape index (κ3) is 5.34. The van der Waals surface area contributed by atoms with Gasteiger partial charge in [0.15, 0.2) is 0 Å². The molecule has 11 heteroatoms. The minimum atomic E-state index is -3.56. The third-order valence-electron chi connectivity index (χ3n) is 5.69. The summed E-state index contributed by atoms with van der Waals surface area (Å²) in [6, 6.07) is 9.87. The Balaban J connectivity index is 1.71. The summed E-state index contributed by atoms with van der Waals surface area (Å²) in [4.78, 5) is 14.7. The minimum Gasteiger partial charge on any atom is -0.312 e. The summed E-state index contributed by atoms with van der Waals surface area (Å²) >= 11 is 6.16. The average Bonchev–Trinajstić information content (AvgIpc) is 3.16. The molecule has 1 heterocycles. The average molecular weight is 514 g/mol. The molecule has 3 rings (SSSR count). The maximum atomic E-state index is 12.9. The number of halogens is 1. The van der Waals surface area contributed by atoms with Crippen molar-refractivity contribution in [3.8, 4) is 0 Å². The zero-order valence-corrected chi connectivity index (χ0v) is 21.5. The SMILES string of the molecule is Cc1c(Cl)cccc1N(CCCC(=O)N1CCc2cc(S(=O)(=O)N(C)C)ccc21)S(C)(=O)=O. The molecule has 0 aliphatic carbocycles. The number of amides is 1. The molecule has 2 aromatic rings. The number of benzene rings is 2. The molecule has 0 fully saturated rings. The van der Waals surface area contributed by atoms with Crippen LogP contribution in [0.25, 0.3) is 0 Å². The number of fused-ring (bicyclic) bond motifs is 1. The summed E-state index contributed by atoms with van der Waals surface area (Å²) in [6.45, 7) is 2.36. The van der Waals surface area contributed by atoms with Crippen molar-refractivity contribution in [1.82, 2.24) is 4.31 Å². The van der Waals surface area contributed by atoms with E-state index in [1.165, 1.54) is 24.5 Å². The first-order chi connectivity index (χ1) is 15.3. The van der Waals surface area contributed by atoms with Crippen LogP contribution in [0.1, 0.15) is 24.0 Å². The van der Waals surface area contributed by atoms with Gasteiger partial charge in [-0.05, 0) is 61.2 Å². The molecule has 2 aromatic carbocycles. The third-order valence-corrected chi connectivity index (χ3v) is 9.09. The predicted molar refractivity (Wildman–Crippen MR) is 131 cm³/mol. The highest BCUT2D eigenvalue weighted by Gasteiger charge is 2.28. The fourth-order valence-electron chi connectivity index (χ4n) is 3.85. The summed E-state index contributed by atoms with van der Waals surface area (Å²) in [6.07, 6.45) is 2.18. The molecule has 0 saturated heterocycles. The van der Waals surface area contributed by atoms with E-state index >= 15 is 0 Å². The van der Waals surface area contributed by atoms with Gasteiger partial charge in [0.1, 0.15) is 0 Å². The largest absolute Gasteiger partial charge is 0.312 e. The van der Waals surface area contributed by atoms with Crippen LogP contribution in [0.3, 0.4) is 0 Å². The van der Waals surface area contributed by atoms with E-state index in [1.807, 2.05) is 0 Å². The van der Waals surface area contributed by atoms with Gasteiger partial charge in [0, 0.05) is 44.3 Å². The Morgan fingerprint density at radius 1 is 1.12 bits per heavy atom. The lowest BCUT2D eigenvalue weighted by molar-refractivity contribution is -0.118. The number of hydrogen-bond donors (Lipinski definition) is 0. The normalized spacial score (nSPS) is 13.9. The molecule has 0 aromatic heterocycles. The fraction of sp³-hybridized carbons (Fsp3) is 0.409. The zero-order chi connectivity index (χ0) is 24.6. The van der Waals surface area contributed by atoms with Crippen molar-refractivity contribution in [1.29, 1.82) is 0 Å². The van der Waals surface area contributed by atoms with Crippen molar-refractivity contribution in [2.45, 2.75) is 31.1 Å². The Hall–Kier alpha value is -2.14. The number of hydrogen-bond acceptors (Lipinski definition) is 5. The lowest BCUT2D eigenvalue weighted by atomic mass is 10.1. The molecule has 180 valence electrons. The summed E-state index contributed by atoms with van der Waals surface area (Å²) in [5.74, 6) is -0.131. The highest BCUT2D eigenvalue weighted by molar-refractivity contribution is 7.92. The molecular formula is C22H28ClN3O5S2. The van der Waals surface area contributed by atoms with Crippen molar-refractivity contribution in [3.63, 3.8) is 0 Å². The number of nitrogens with zero attached hydrogens (tertiary/aromatic N) is 3. The Bertz CT molecular complexity index is 1280. The molecule has 1 aliphatic rings. The second kappa shape index (κ2) is 9.61. The smallest absolute Gasteiger partial charge is 0.242 e. The number of anilines is 2. The van der Waals surface area contributed by atoms with Crippen LogP contribution in [0.2, 0.25) is 5.02 Å². The van der Waals surface area contributed by atoms with Crippen molar-refractivity contribution in [3.05, 3.63) is 52.5 Å². The van der Waals surface area contributed by atoms with Crippen LogP contribution < -0.4 is 9.21 Å². The van der Waals surface area contributed by atoms with E-state index in [2.05, 4.69) is 0 Å². The van der Waals surface area contributed by atoms with E-state index in [0.29, 0.717) is 41.3 Å². The van der Waals surface area contributed by atoms with E-state index in [9.17, 15) is 21.6 Å². The first kappa shape index (κ1) is 25.5. The Labute approximate surface area is 200 Å². The van der Waals surface area contributed by atoms with E-state index < -0.39 is 20.0 Å². The zero-order valence-electron chi connectivity index (χ0n) is 19.1. The molecule has 0 spiro atoms. The van der Waals surface area contributed by atoms with Crippen LogP contribution in [0.5, 0.6) is 0 Å². The van der Waals surface area contributed by atoms with Gasteiger partial charge in [-0.25, -0.2) is 21.1 Å². The number of carbonyl (C=O) groups is 1. The van der Waals surface area contributed by atoms with Crippen molar-refractivity contribution in [2.24, 2.45) is 0 Å². The van der Waals surface area contributed by atoms with Gasteiger partial charge >= 0.3 is 0 Å². The standard InChI is InChI=1S/C22H28ClN3O5S2/c1-16-19(23)7-5-8-20(16)26(32(4,28)29)13-6-9-22(27)25-14-12-17-15-18(10-11-21(17)25)33(30,31)24(2)3/h5,7-8,10-11,15H,6,9,12-14H2,1-4H3. The van der Waals surface area contributed by atoms with Gasteiger partial charge in [0.25, 0.3) is 0 Å². The van der Waals surface area contributed by atoms with Gasteiger partial charge in [0.2, 0.25) is 26.0 Å². The summed E-state index contributed by atoms with van der Waals surface area (Å²) in [5.41, 5.74) is 2.66. The molecule has 1 aliphatic heterocycles. The summed E-state index contributed by atoms with van der Waals surface area (Å²) < 4.78 is 52.0. The van der Waals surface area contributed by atoms with Crippen LogP contribution in [0, 0.1) is 6.92 Å². The second-order valence-corrected chi connectivity index (χ2v) is 12.7. The van der Waals surface area contributed by atoms with Crippen LogP contribution in [-0.2, 0) is 31.3 Å². The van der Waals surface area contributed by atoms with Gasteiger partial charge in [-0.1, -0.05) is 17.7 Å². The number of rotatable bonds is 8. The quantitative estimate of drug-likeness (QED) is 0.540. The fourth-order valence-corrected chi connectivity index (χ4v) is 5.99. The maximum absolute atomic E-state index is 12.9. The molecule has 0 unspecified atom stereocenters. The van der Waals surface area contributed by atoms with Gasteiger partial charge in [-0.15, -0.1) is 0 Å². The second-order valence-electron chi connectivity index (χ2n) is 8.20. The lowest BCUT2D eigenvalue weighted by Gasteiger charge is -2.25. The minimum absolute atomic E-state index is 0.131. The molecule has 0 radical (unpaired) electrons. The van der Waals surface area contributed by atoms with Crippen LogP contribution in [0.15, 0.2) is 41.3 Å². The van der Waals surface area contributed by atoms with Gasteiger partial charge in [0.05, 0.1) is 16.8 Å². The van der Waals surface area contributed by atoms with Crippen LogP contribution in [-0.4, -0.2) is 60.5 Å². The van der Waals surface area contributed by atoms with Crippen LogP contribution >= 0.6 is 11.6 Å².